The van der Waals surface area contributed by atoms with E-state index in [1.54, 1.807) is 6.07 Å². The molecule has 0 bridgehead atoms. The van der Waals surface area contributed by atoms with E-state index in [-0.39, 0.29) is 12.0 Å². The quantitative estimate of drug-likeness (QED) is 0.777. The number of nitrogens with two attached hydrogens (primary N) is 1. The molecule has 0 aromatic carbocycles. The van der Waals surface area contributed by atoms with Crippen LogP contribution < -0.4 is 11.1 Å². The molecule has 1 aromatic heterocycles. The van der Waals surface area contributed by atoms with Crippen LogP contribution in [0.3, 0.4) is 0 Å². The van der Waals surface area contributed by atoms with Crippen molar-refractivity contribution < 1.29 is 9.53 Å². The van der Waals surface area contributed by atoms with E-state index in [9.17, 15) is 4.79 Å². The molecule has 1 aromatic rings. The van der Waals surface area contributed by atoms with Crippen LogP contribution >= 0.6 is 11.3 Å². The van der Waals surface area contributed by atoms with E-state index in [0.717, 1.165) is 18.0 Å². The number of nitrogens with zero attached hydrogens (tertiary/aromatic N) is 1. The first-order chi connectivity index (χ1) is 9.69. The highest BCUT2D eigenvalue weighted by atomic mass is 32.1. The first kappa shape index (κ1) is 15.0. The molecule has 1 amide bonds. The van der Waals surface area contributed by atoms with Crippen LogP contribution in [0.4, 0.5) is 0 Å². The van der Waals surface area contributed by atoms with Gasteiger partial charge >= 0.3 is 0 Å². The monoisotopic (exact) mass is 293 g/mol. The van der Waals surface area contributed by atoms with Crippen LogP contribution in [0.25, 0.3) is 0 Å². The molecule has 5 nitrogen and oxygen atoms in total. The lowest BCUT2D eigenvalue weighted by molar-refractivity contribution is -0.0175. The number of carbonyl (C=O) groups is 1. The minimum atomic E-state index is -0.0844. The van der Waals surface area contributed by atoms with Gasteiger partial charge < -0.3 is 20.7 Å². The van der Waals surface area contributed by atoms with Crippen LogP contribution in [-0.4, -0.2) is 56.7 Å². The summed E-state index contributed by atoms with van der Waals surface area (Å²) in [6.07, 6.45) is 0.0628. The molecule has 1 saturated heterocycles. The van der Waals surface area contributed by atoms with E-state index >= 15 is 0 Å². The Hall–Kier alpha value is -1.39. The second kappa shape index (κ2) is 7.41. The van der Waals surface area contributed by atoms with Gasteiger partial charge in [-0.25, -0.2) is 0 Å². The Morgan fingerprint density at radius 2 is 2.55 bits per heavy atom. The highest BCUT2D eigenvalue weighted by Crippen LogP contribution is 2.13. The van der Waals surface area contributed by atoms with Gasteiger partial charge in [-0.3, -0.25) is 4.79 Å². The van der Waals surface area contributed by atoms with E-state index in [4.69, 9.17) is 10.5 Å². The predicted octanol–water partition coefficient (Wildman–Crippen LogP) is 0.119. The largest absolute Gasteiger partial charge is 0.374 e. The maximum Gasteiger partial charge on any atom is 0.252 e. The van der Waals surface area contributed by atoms with Crippen LogP contribution in [0.2, 0.25) is 0 Å². The molecule has 2 rings (SSSR count). The van der Waals surface area contributed by atoms with Gasteiger partial charge in [0.1, 0.15) is 0 Å². The van der Waals surface area contributed by atoms with Gasteiger partial charge in [-0.05, 0) is 13.1 Å². The van der Waals surface area contributed by atoms with Crippen molar-refractivity contribution in [2.45, 2.75) is 6.10 Å². The van der Waals surface area contributed by atoms with Gasteiger partial charge in [-0.1, -0.05) is 11.8 Å². The number of rotatable bonds is 3. The first-order valence-corrected chi connectivity index (χ1v) is 7.43. The molecule has 0 radical (unpaired) electrons. The van der Waals surface area contributed by atoms with Gasteiger partial charge in [-0.15, -0.1) is 11.3 Å². The van der Waals surface area contributed by atoms with Crippen LogP contribution in [0, 0.1) is 11.8 Å². The summed E-state index contributed by atoms with van der Waals surface area (Å²) in [5.41, 5.74) is 5.96. The zero-order chi connectivity index (χ0) is 14.4. The van der Waals surface area contributed by atoms with E-state index in [1.807, 2.05) is 5.38 Å². The number of ether oxygens (including phenoxy) is 1. The van der Waals surface area contributed by atoms with Gasteiger partial charge in [0, 0.05) is 25.0 Å². The average Bonchev–Trinajstić information content (AvgIpc) is 2.91. The van der Waals surface area contributed by atoms with Crippen molar-refractivity contribution in [3.8, 4) is 11.8 Å². The van der Waals surface area contributed by atoms with Crippen LogP contribution in [-0.2, 0) is 4.74 Å². The standard InChI is InChI=1S/C14H19N3O2S/c1-17-5-6-19-12(9-17)8-16-14(18)11-7-13(20-10-11)3-2-4-15/h7,10,12H,4-6,8-9,15H2,1H3,(H,16,18). The van der Waals surface area contributed by atoms with Crippen molar-refractivity contribution in [3.63, 3.8) is 0 Å². The van der Waals surface area contributed by atoms with Crippen molar-refractivity contribution in [1.82, 2.24) is 10.2 Å². The average molecular weight is 293 g/mol. The Morgan fingerprint density at radius 1 is 1.70 bits per heavy atom. The summed E-state index contributed by atoms with van der Waals surface area (Å²) < 4.78 is 5.60. The zero-order valence-electron chi connectivity index (χ0n) is 11.5. The molecular weight excluding hydrogens is 274 g/mol. The Labute approximate surface area is 123 Å². The van der Waals surface area contributed by atoms with E-state index < -0.39 is 0 Å². The van der Waals surface area contributed by atoms with Crippen LogP contribution in [0.15, 0.2) is 11.4 Å². The third kappa shape index (κ3) is 4.32. The van der Waals surface area contributed by atoms with Crippen molar-refractivity contribution >= 4 is 17.2 Å². The SMILES string of the molecule is CN1CCOC(CNC(=O)c2csc(C#CCN)c2)C1. The van der Waals surface area contributed by atoms with Gasteiger partial charge in [0.2, 0.25) is 0 Å². The van der Waals surface area contributed by atoms with Crippen LogP contribution in [0.1, 0.15) is 15.2 Å². The summed E-state index contributed by atoms with van der Waals surface area (Å²) in [5.74, 6) is 5.61. The zero-order valence-corrected chi connectivity index (χ0v) is 12.3. The number of likely N-dealkylation sites (N-methyl/N-ethyl adjacent to an activating group) is 1. The van der Waals surface area contributed by atoms with E-state index in [0.29, 0.717) is 25.3 Å². The minimum Gasteiger partial charge on any atom is -0.374 e. The molecule has 1 aliphatic heterocycles. The fourth-order valence-electron chi connectivity index (χ4n) is 1.96. The fourth-order valence-corrected chi connectivity index (χ4v) is 2.71. The number of nitrogens with one attached hydrogen (secondary N) is 1. The van der Waals surface area contributed by atoms with E-state index in [2.05, 4.69) is 29.1 Å². The highest BCUT2D eigenvalue weighted by molar-refractivity contribution is 7.10. The number of thiophene rings is 1. The Kier molecular flexibility index (Phi) is 5.56. The maximum absolute atomic E-state index is 12.0. The molecule has 1 unspecified atom stereocenters. The van der Waals surface area contributed by atoms with Gasteiger partial charge in [0.05, 0.1) is 29.7 Å². The molecule has 108 valence electrons. The lowest BCUT2D eigenvalue weighted by Gasteiger charge is -2.30. The molecule has 1 atom stereocenters. The lowest BCUT2D eigenvalue weighted by atomic mass is 10.2. The molecule has 1 fully saturated rings. The van der Waals surface area contributed by atoms with E-state index in [1.165, 1.54) is 11.3 Å². The van der Waals surface area contributed by atoms with Gasteiger partial charge in [0.15, 0.2) is 0 Å². The smallest absolute Gasteiger partial charge is 0.252 e. The summed E-state index contributed by atoms with van der Waals surface area (Å²) in [4.78, 5) is 15.1. The Balaban J connectivity index is 1.83. The molecule has 6 heteroatoms. The van der Waals surface area contributed by atoms with Gasteiger partial charge in [-0.2, -0.15) is 0 Å². The molecule has 0 spiro atoms. The topological polar surface area (TPSA) is 67.6 Å². The normalized spacial score (nSPS) is 19.2. The number of carbonyl (C=O) groups excluding carboxylic acids is 1. The molecule has 0 saturated carbocycles. The molecule has 0 aliphatic carbocycles. The Morgan fingerprint density at radius 3 is 3.30 bits per heavy atom. The summed E-state index contributed by atoms with van der Waals surface area (Å²) in [7, 11) is 2.05. The number of morpholine rings is 1. The molecule has 2 heterocycles. The number of hydrogen-bond donors (Lipinski definition) is 2. The first-order valence-electron chi connectivity index (χ1n) is 6.55. The third-order valence-corrected chi connectivity index (χ3v) is 3.85. The van der Waals surface area contributed by atoms with Gasteiger partial charge in [0.25, 0.3) is 5.91 Å². The molecule has 1 aliphatic rings. The summed E-state index contributed by atoms with van der Waals surface area (Å²) >= 11 is 1.45. The number of hydrogen-bond acceptors (Lipinski definition) is 5. The fraction of sp³-hybridized carbons (Fsp3) is 0.500. The second-order valence-corrected chi connectivity index (χ2v) is 5.58. The van der Waals surface area contributed by atoms with Crippen molar-refractivity contribution in [3.05, 3.63) is 21.9 Å². The summed E-state index contributed by atoms with van der Waals surface area (Å²) in [6, 6.07) is 1.79. The highest BCUT2D eigenvalue weighted by Gasteiger charge is 2.18. The maximum atomic E-state index is 12.0. The molecular formula is C14H19N3O2S. The molecule has 20 heavy (non-hydrogen) atoms. The number of amides is 1. The van der Waals surface area contributed by atoms with Crippen molar-refractivity contribution in [2.75, 3.05) is 39.8 Å². The third-order valence-electron chi connectivity index (χ3n) is 3.01. The van der Waals surface area contributed by atoms with Crippen molar-refractivity contribution in [1.29, 1.82) is 0 Å². The second-order valence-electron chi connectivity index (χ2n) is 4.67. The van der Waals surface area contributed by atoms with Crippen molar-refractivity contribution in [2.24, 2.45) is 5.73 Å². The molecule has 3 N–H and O–H groups in total. The summed E-state index contributed by atoms with van der Waals surface area (Å²) in [6.45, 7) is 3.36. The van der Waals surface area contributed by atoms with Crippen LogP contribution in [0.5, 0.6) is 0 Å². The lowest BCUT2D eigenvalue weighted by Crippen LogP contribution is -2.45. The Bertz CT molecular complexity index is 518. The summed E-state index contributed by atoms with van der Waals surface area (Å²) in [5, 5.41) is 4.71. The minimum absolute atomic E-state index is 0.0628. The predicted molar refractivity (Wildman–Crippen MR) is 79.8 cm³/mol.